The minimum atomic E-state index is -0.777. The summed E-state index contributed by atoms with van der Waals surface area (Å²) in [6, 6.07) is 0. The molecule has 0 aromatic carbocycles. The predicted octanol–water partition coefficient (Wildman–Crippen LogP) is 0.102. The van der Waals surface area contributed by atoms with Gasteiger partial charge < -0.3 is 15.8 Å². The van der Waals surface area contributed by atoms with E-state index < -0.39 is 22.9 Å². The highest BCUT2D eigenvalue weighted by molar-refractivity contribution is 9.10. The summed E-state index contributed by atoms with van der Waals surface area (Å²) in [6.07, 6.45) is 1.38. The lowest BCUT2D eigenvalue weighted by Gasteiger charge is -2.21. The van der Waals surface area contributed by atoms with Gasteiger partial charge in [-0.3, -0.25) is 14.4 Å². The number of amides is 1. The van der Waals surface area contributed by atoms with E-state index in [1.165, 1.54) is 13.3 Å². The van der Waals surface area contributed by atoms with E-state index in [0.29, 0.717) is 5.69 Å². The van der Waals surface area contributed by atoms with Crippen molar-refractivity contribution >= 4 is 33.5 Å². The summed E-state index contributed by atoms with van der Waals surface area (Å²) in [5.74, 6) is -1.04. The monoisotopic (exact) mass is 360 g/mol. The molecule has 1 heterocycles. The van der Waals surface area contributed by atoms with E-state index in [9.17, 15) is 14.4 Å². The summed E-state index contributed by atoms with van der Waals surface area (Å²) in [5.41, 5.74) is 4.42. The minimum absolute atomic E-state index is 0.210. The van der Waals surface area contributed by atoms with Gasteiger partial charge in [-0.25, -0.2) is 4.68 Å². The first-order valence-electron chi connectivity index (χ1n) is 6.05. The van der Waals surface area contributed by atoms with Crippen LogP contribution in [0.3, 0.4) is 0 Å². The van der Waals surface area contributed by atoms with Crippen LogP contribution in [0.5, 0.6) is 0 Å². The number of nitrogens with two attached hydrogens (primary N) is 1. The SMILES string of the molecule is COC(=O)Cn1ncc(NCC(C)(C)C(N)=O)c(Br)c1=O. The van der Waals surface area contributed by atoms with E-state index in [1.807, 2.05) is 0 Å². The van der Waals surface area contributed by atoms with Crippen LogP contribution in [0.2, 0.25) is 0 Å². The van der Waals surface area contributed by atoms with Gasteiger partial charge in [-0.15, -0.1) is 0 Å². The van der Waals surface area contributed by atoms with Crippen LogP contribution in [0.15, 0.2) is 15.5 Å². The van der Waals surface area contributed by atoms with E-state index in [1.54, 1.807) is 13.8 Å². The Morgan fingerprint density at radius 1 is 1.52 bits per heavy atom. The molecule has 0 fully saturated rings. The van der Waals surface area contributed by atoms with Crippen molar-refractivity contribution < 1.29 is 14.3 Å². The number of ether oxygens (including phenoxy) is 1. The van der Waals surface area contributed by atoms with Gasteiger partial charge in [0.25, 0.3) is 5.56 Å². The number of primary amides is 1. The molecule has 0 saturated heterocycles. The summed E-state index contributed by atoms with van der Waals surface area (Å²) >= 11 is 3.14. The normalized spacial score (nSPS) is 11.0. The fourth-order valence-corrected chi connectivity index (χ4v) is 1.74. The lowest BCUT2D eigenvalue weighted by molar-refractivity contribution is -0.141. The molecule has 0 atom stereocenters. The molecule has 1 aromatic rings. The number of carbonyl (C=O) groups excluding carboxylic acids is 2. The molecule has 116 valence electrons. The molecule has 0 aliphatic rings. The highest BCUT2D eigenvalue weighted by Crippen LogP contribution is 2.20. The van der Waals surface area contributed by atoms with Crippen molar-refractivity contribution in [3.63, 3.8) is 0 Å². The zero-order valence-corrected chi connectivity index (χ0v) is 13.6. The summed E-state index contributed by atoms with van der Waals surface area (Å²) in [6.45, 7) is 3.33. The number of aromatic nitrogens is 2. The Morgan fingerprint density at radius 3 is 2.67 bits per heavy atom. The Labute approximate surface area is 129 Å². The molecule has 1 rings (SSSR count). The highest BCUT2D eigenvalue weighted by atomic mass is 79.9. The molecule has 1 amide bonds. The van der Waals surface area contributed by atoms with Gasteiger partial charge in [0.15, 0.2) is 0 Å². The van der Waals surface area contributed by atoms with Crippen LogP contribution >= 0.6 is 15.9 Å². The molecule has 8 nitrogen and oxygen atoms in total. The van der Waals surface area contributed by atoms with Crippen LogP contribution in [0, 0.1) is 5.41 Å². The van der Waals surface area contributed by atoms with Crippen LogP contribution in [-0.2, 0) is 20.9 Å². The van der Waals surface area contributed by atoms with Gasteiger partial charge in [0, 0.05) is 6.54 Å². The molecule has 0 aliphatic heterocycles. The molecule has 0 bridgehead atoms. The number of esters is 1. The largest absolute Gasteiger partial charge is 0.468 e. The third-order valence-corrected chi connectivity index (χ3v) is 3.65. The number of rotatable bonds is 6. The maximum absolute atomic E-state index is 12.0. The fourth-order valence-electron chi connectivity index (χ4n) is 1.29. The second kappa shape index (κ2) is 6.70. The topological polar surface area (TPSA) is 116 Å². The number of hydrogen-bond acceptors (Lipinski definition) is 6. The van der Waals surface area contributed by atoms with Gasteiger partial charge in [0.2, 0.25) is 5.91 Å². The maximum Gasteiger partial charge on any atom is 0.327 e. The standard InChI is InChI=1S/C12H17BrN4O4/c1-12(2,11(14)20)6-15-7-4-16-17(5-8(18)21-3)10(19)9(7)13/h4,15H,5-6H2,1-3H3,(H2,14,20). The maximum atomic E-state index is 12.0. The average molecular weight is 361 g/mol. The molecule has 0 aliphatic carbocycles. The van der Waals surface area contributed by atoms with Crippen LogP contribution < -0.4 is 16.6 Å². The number of nitrogens with zero attached hydrogens (tertiary/aromatic N) is 2. The minimum Gasteiger partial charge on any atom is -0.468 e. The zero-order valence-electron chi connectivity index (χ0n) is 12.0. The third-order valence-electron chi connectivity index (χ3n) is 2.88. The molecule has 21 heavy (non-hydrogen) atoms. The zero-order chi connectivity index (χ0) is 16.2. The number of nitrogens with one attached hydrogen (secondary N) is 1. The summed E-state index contributed by atoms with van der Waals surface area (Å²) in [7, 11) is 1.23. The molecule has 1 aromatic heterocycles. The van der Waals surface area contributed by atoms with E-state index in [-0.39, 0.29) is 17.6 Å². The Kier molecular flexibility index (Phi) is 5.47. The van der Waals surface area contributed by atoms with Gasteiger partial charge in [-0.2, -0.15) is 5.10 Å². The van der Waals surface area contributed by atoms with E-state index in [4.69, 9.17) is 5.73 Å². The van der Waals surface area contributed by atoms with Crippen molar-refractivity contribution in [2.75, 3.05) is 19.0 Å². The number of methoxy groups -OCH3 is 1. The van der Waals surface area contributed by atoms with E-state index >= 15 is 0 Å². The quantitative estimate of drug-likeness (QED) is 0.695. The highest BCUT2D eigenvalue weighted by Gasteiger charge is 2.25. The first-order chi connectivity index (χ1) is 9.69. The molecular weight excluding hydrogens is 344 g/mol. The molecule has 0 saturated carbocycles. The molecule has 0 spiro atoms. The van der Waals surface area contributed by atoms with E-state index in [0.717, 1.165) is 4.68 Å². The smallest absolute Gasteiger partial charge is 0.327 e. The van der Waals surface area contributed by atoms with E-state index in [2.05, 4.69) is 31.1 Å². The summed E-state index contributed by atoms with van der Waals surface area (Å²) < 4.78 is 5.66. The summed E-state index contributed by atoms with van der Waals surface area (Å²) in [5, 5.41) is 6.80. The first kappa shape index (κ1) is 17.2. The third kappa shape index (κ3) is 4.28. The Balaban J connectivity index is 2.93. The summed E-state index contributed by atoms with van der Waals surface area (Å²) in [4.78, 5) is 34.4. The van der Waals surface area contributed by atoms with Crippen molar-refractivity contribution in [3.05, 3.63) is 21.0 Å². The van der Waals surface area contributed by atoms with Gasteiger partial charge >= 0.3 is 5.97 Å². The van der Waals surface area contributed by atoms with Crippen LogP contribution in [-0.4, -0.2) is 35.3 Å². The van der Waals surface area contributed by atoms with Gasteiger partial charge in [-0.05, 0) is 29.8 Å². The molecular formula is C12H17BrN4O4. The average Bonchev–Trinajstić information content (AvgIpc) is 2.42. The molecule has 0 unspecified atom stereocenters. The Morgan fingerprint density at radius 2 is 2.14 bits per heavy atom. The number of halogens is 1. The molecule has 0 radical (unpaired) electrons. The van der Waals surface area contributed by atoms with Crippen molar-refractivity contribution in [1.82, 2.24) is 9.78 Å². The lowest BCUT2D eigenvalue weighted by atomic mass is 9.93. The fraction of sp³-hybridized carbons (Fsp3) is 0.500. The number of anilines is 1. The van der Waals surface area contributed by atoms with Crippen LogP contribution in [0.1, 0.15) is 13.8 Å². The van der Waals surface area contributed by atoms with Crippen molar-refractivity contribution in [3.8, 4) is 0 Å². The van der Waals surface area contributed by atoms with Gasteiger partial charge in [0.1, 0.15) is 11.0 Å². The van der Waals surface area contributed by atoms with Crippen LogP contribution in [0.25, 0.3) is 0 Å². The van der Waals surface area contributed by atoms with Crippen molar-refractivity contribution in [1.29, 1.82) is 0 Å². The Hall–Kier alpha value is -1.90. The number of hydrogen-bond donors (Lipinski definition) is 2. The lowest BCUT2D eigenvalue weighted by Crippen LogP contribution is -2.38. The second-order valence-corrected chi connectivity index (χ2v) is 5.81. The first-order valence-corrected chi connectivity index (χ1v) is 6.84. The molecule has 3 N–H and O–H groups in total. The van der Waals surface area contributed by atoms with Crippen molar-refractivity contribution in [2.24, 2.45) is 11.1 Å². The molecule has 9 heteroatoms. The predicted molar refractivity (Wildman–Crippen MR) is 79.7 cm³/mol. The van der Waals surface area contributed by atoms with Gasteiger partial charge in [-0.1, -0.05) is 0 Å². The van der Waals surface area contributed by atoms with Crippen molar-refractivity contribution in [2.45, 2.75) is 20.4 Å². The Bertz CT molecular complexity index is 612. The number of carbonyl (C=O) groups is 2. The van der Waals surface area contributed by atoms with Gasteiger partial charge in [0.05, 0.1) is 24.4 Å². The second-order valence-electron chi connectivity index (χ2n) is 5.01. The van der Waals surface area contributed by atoms with Crippen LogP contribution in [0.4, 0.5) is 5.69 Å².